The number of aliphatic imine (C=N–C) groups is 1. The third-order valence-electron chi connectivity index (χ3n) is 3.06. The summed E-state index contributed by atoms with van der Waals surface area (Å²) in [6.45, 7) is 9.86. The molecule has 0 saturated heterocycles. The van der Waals surface area contributed by atoms with Gasteiger partial charge in [0.15, 0.2) is 5.96 Å². The van der Waals surface area contributed by atoms with Crippen LogP contribution in [0, 0.1) is 0 Å². The molecular formula is C17H30N4O3S. The topological polar surface area (TPSA) is 91.8 Å². The maximum Gasteiger partial charge on any atom is 0.240 e. The highest BCUT2D eigenvalue weighted by atomic mass is 32.2. The van der Waals surface area contributed by atoms with E-state index in [4.69, 9.17) is 4.74 Å². The van der Waals surface area contributed by atoms with E-state index in [0.717, 1.165) is 12.1 Å². The molecule has 0 saturated carbocycles. The van der Waals surface area contributed by atoms with Crippen LogP contribution in [0.1, 0.15) is 33.3 Å². The van der Waals surface area contributed by atoms with Gasteiger partial charge >= 0.3 is 0 Å². The number of benzene rings is 1. The summed E-state index contributed by atoms with van der Waals surface area (Å²) >= 11 is 0. The van der Waals surface area contributed by atoms with Crippen molar-refractivity contribution < 1.29 is 13.2 Å². The Bertz CT molecular complexity index is 667. The highest BCUT2D eigenvalue weighted by Gasteiger charge is 2.14. The minimum absolute atomic E-state index is 0.114. The zero-order valence-electron chi connectivity index (χ0n) is 15.7. The minimum atomic E-state index is -3.54. The molecule has 1 aromatic carbocycles. The summed E-state index contributed by atoms with van der Waals surface area (Å²) in [5.41, 5.74) is 0.706. The maximum absolute atomic E-state index is 12.3. The molecule has 0 amide bonds. The molecule has 0 bridgehead atoms. The number of hydrogen-bond donors (Lipinski definition) is 3. The first-order valence-electron chi connectivity index (χ1n) is 8.32. The normalized spacial score (nSPS) is 12.9. The van der Waals surface area contributed by atoms with Gasteiger partial charge in [0.1, 0.15) is 0 Å². The number of nitrogens with zero attached hydrogens (tertiary/aromatic N) is 1. The molecule has 0 aliphatic rings. The van der Waals surface area contributed by atoms with Gasteiger partial charge in [-0.15, -0.1) is 0 Å². The second-order valence-electron chi connectivity index (χ2n) is 6.61. The third kappa shape index (κ3) is 8.33. The van der Waals surface area contributed by atoms with E-state index in [0.29, 0.717) is 19.1 Å². The summed E-state index contributed by atoms with van der Waals surface area (Å²) in [5.74, 6) is 0.696. The SMILES string of the molecule is CCNC(=NCc1cccc(S(=O)(=O)NCCOC)c1)NC(C)(C)C. The Morgan fingerprint density at radius 2 is 2.00 bits per heavy atom. The van der Waals surface area contributed by atoms with Gasteiger partial charge in [-0.1, -0.05) is 12.1 Å². The van der Waals surface area contributed by atoms with Crippen molar-refractivity contribution in [2.24, 2.45) is 4.99 Å². The number of methoxy groups -OCH3 is 1. The van der Waals surface area contributed by atoms with Crippen molar-refractivity contribution in [2.75, 3.05) is 26.8 Å². The molecule has 0 aliphatic heterocycles. The van der Waals surface area contributed by atoms with Crippen molar-refractivity contribution in [3.8, 4) is 0 Å². The van der Waals surface area contributed by atoms with Gasteiger partial charge < -0.3 is 15.4 Å². The Labute approximate surface area is 151 Å². The van der Waals surface area contributed by atoms with Crippen LogP contribution in [0.4, 0.5) is 0 Å². The first kappa shape index (κ1) is 21.4. The van der Waals surface area contributed by atoms with Crippen molar-refractivity contribution in [3.05, 3.63) is 29.8 Å². The summed E-state index contributed by atoms with van der Waals surface area (Å²) in [5, 5.41) is 6.48. The van der Waals surface area contributed by atoms with Crippen molar-refractivity contribution in [1.82, 2.24) is 15.4 Å². The van der Waals surface area contributed by atoms with Gasteiger partial charge in [-0.2, -0.15) is 0 Å². The van der Waals surface area contributed by atoms with Crippen molar-refractivity contribution >= 4 is 16.0 Å². The van der Waals surface area contributed by atoms with Gasteiger partial charge in [0.05, 0.1) is 18.0 Å². The first-order chi connectivity index (χ1) is 11.7. The van der Waals surface area contributed by atoms with Crippen LogP contribution in [0.15, 0.2) is 34.2 Å². The fraction of sp³-hybridized carbons (Fsp3) is 0.588. The molecule has 25 heavy (non-hydrogen) atoms. The molecule has 0 aromatic heterocycles. The fourth-order valence-corrected chi connectivity index (χ4v) is 3.09. The van der Waals surface area contributed by atoms with Gasteiger partial charge in [0.2, 0.25) is 10.0 Å². The van der Waals surface area contributed by atoms with Crippen molar-refractivity contribution in [3.63, 3.8) is 0 Å². The van der Waals surface area contributed by atoms with E-state index in [2.05, 4.69) is 41.1 Å². The fourth-order valence-electron chi connectivity index (χ4n) is 2.01. The molecule has 0 atom stereocenters. The van der Waals surface area contributed by atoms with Crippen LogP contribution < -0.4 is 15.4 Å². The number of nitrogens with one attached hydrogen (secondary N) is 3. The quantitative estimate of drug-likeness (QED) is 0.366. The molecule has 7 nitrogen and oxygen atoms in total. The number of sulfonamides is 1. The van der Waals surface area contributed by atoms with E-state index >= 15 is 0 Å². The predicted octanol–water partition coefficient (Wildman–Crippen LogP) is 1.46. The molecule has 0 radical (unpaired) electrons. The standard InChI is InChI=1S/C17H30N4O3S/c1-6-18-16(21-17(2,3)4)19-13-14-8-7-9-15(12-14)25(22,23)20-10-11-24-5/h7-9,12,20H,6,10-11,13H2,1-5H3,(H2,18,19,21). The molecule has 8 heteroatoms. The van der Waals surface area contributed by atoms with Gasteiger partial charge in [-0.3, -0.25) is 0 Å². The van der Waals surface area contributed by atoms with Crippen LogP contribution in [0.3, 0.4) is 0 Å². The van der Waals surface area contributed by atoms with E-state index in [9.17, 15) is 8.42 Å². The molecular weight excluding hydrogens is 340 g/mol. The van der Waals surface area contributed by atoms with E-state index in [1.807, 2.05) is 13.0 Å². The van der Waals surface area contributed by atoms with Crippen LogP contribution in [0.2, 0.25) is 0 Å². The van der Waals surface area contributed by atoms with E-state index in [-0.39, 0.29) is 17.0 Å². The monoisotopic (exact) mass is 370 g/mol. The summed E-state index contributed by atoms with van der Waals surface area (Å²) in [7, 11) is -2.01. The maximum atomic E-state index is 12.3. The van der Waals surface area contributed by atoms with Crippen LogP contribution in [-0.2, 0) is 21.3 Å². The molecule has 0 fully saturated rings. The molecule has 0 unspecified atom stereocenters. The minimum Gasteiger partial charge on any atom is -0.383 e. The van der Waals surface area contributed by atoms with Gasteiger partial charge in [0, 0.05) is 25.7 Å². The number of guanidine groups is 1. The average Bonchev–Trinajstić information content (AvgIpc) is 2.52. The van der Waals surface area contributed by atoms with Crippen molar-refractivity contribution in [1.29, 1.82) is 0 Å². The molecule has 1 aromatic rings. The van der Waals surface area contributed by atoms with Crippen molar-refractivity contribution in [2.45, 2.75) is 44.7 Å². The van der Waals surface area contributed by atoms with E-state index < -0.39 is 10.0 Å². The van der Waals surface area contributed by atoms with Crippen LogP contribution in [0.5, 0.6) is 0 Å². The second kappa shape index (κ2) is 9.74. The molecule has 1 rings (SSSR count). The Morgan fingerprint density at radius 3 is 2.60 bits per heavy atom. The number of hydrogen-bond acceptors (Lipinski definition) is 4. The first-order valence-corrected chi connectivity index (χ1v) is 9.80. The Kier molecular flexibility index (Phi) is 8.34. The smallest absolute Gasteiger partial charge is 0.240 e. The lowest BCUT2D eigenvalue weighted by molar-refractivity contribution is 0.204. The van der Waals surface area contributed by atoms with E-state index in [1.54, 1.807) is 18.2 Å². The molecule has 0 spiro atoms. The van der Waals surface area contributed by atoms with Crippen LogP contribution >= 0.6 is 0 Å². The largest absolute Gasteiger partial charge is 0.383 e. The molecule has 0 aliphatic carbocycles. The highest BCUT2D eigenvalue weighted by Crippen LogP contribution is 2.12. The lowest BCUT2D eigenvalue weighted by Crippen LogP contribution is -2.47. The Hall–Kier alpha value is -1.64. The molecule has 3 N–H and O–H groups in total. The zero-order valence-corrected chi connectivity index (χ0v) is 16.5. The van der Waals surface area contributed by atoms with Gasteiger partial charge in [-0.25, -0.2) is 18.1 Å². The third-order valence-corrected chi connectivity index (χ3v) is 4.52. The lowest BCUT2D eigenvalue weighted by atomic mass is 10.1. The molecule has 0 heterocycles. The Morgan fingerprint density at radius 1 is 1.28 bits per heavy atom. The van der Waals surface area contributed by atoms with Gasteiger partial charge in [-0.05, 0) is 45.4 Å². The lowest BCUT2D eigenvalue weighted by Gasteiger charge is -2.23. The van der Waals surface area contributed by atoms with Crippen LogP contribution in [0.25, 0.3) is 0 Å². The van der Waals surface area contributed by atoms with E-state index in [1.165, 1.54) is 7.11 Å². The summed E-state index contributed by atoms with van der Waals surface area (Å²) in [6.07, 6.45) is 0. The summed E-state index contributed by atoms with van der Waals surface area (Å²) in [6, 6.07) is 6.79. The van der Waals surface area contributed by atoms with Crippen LogP contribution in [-0.4, -0.2) is 46.7 Å². The number of ether oxygens (including phenoxy) is 1. The predicted molar refractivity (Wildman–Crippen MR) is 101 cm³/mol. The molecule has 142 valence electrons. The second-order valence-corrected chi connectivity index (χ2v) is 8.38. The average molecular weight is 371 g/mol. The zero-order chi connectivity index (χ0) is 18.9. The summed E-state index contributed by atoms with van der Waals surface area (Å²) < 4.78 is 31.9. The van der Waals surface area contributed by atoms with Gasteiger partial charge in [0.25, 0.3) is 0 Å². The number of rotatable bonds is 8. The highest BCUT2D eigenvalue weighted by molar-refractivity contribution is 7.89. The summed E-state index contributed by atoms with van der Waals surface area (Å²) in [4.78, 5) is 4.75. The Balaban J connectivity index is 2.88.